The molecule has 1 rings (SSSR count). The Morgan fingerprint density at radius 2 is 1.39 bits per heavy atom. The van der Waals surface area contributed by atoms with Crippen LogP contribution in [0.2, 0.25) is 0 Å². The van der Waals surface area contributed by atoms with E-state index in [0.29, 0.717) is 0 Å². The molecule has 1 N–H and O–H groups in total. The second-order valence-electron chi connectivity index (χ2n) is 3.22. The second-order valence-corrected chi connectivity index (χ2v) is 3.22. The van der Waals surface area contributed by atoms with Crippen LogP contribution in [0.3, 0.4) is 0 Å². The lowest BCUT2D eigenvalue weighted by Crippen LogP contribution is -2.21. The highest BCUT2D eigenvalue weighted by molar-refractivity contribution is 5.90. The fourth-order valence-electron chi connectivity index (χ4n) is 0.969. The van der Waals surface area contributed by atoms with Gasteiger partial charge in [-0.05, 0) is 6.92 Å². The molecule has 0 aliphatic rings. The number of rotatable bonds is 3. The Hall–Kier alpha value is -2.12. The van der Waals surface area contributed by atoms with Crippen molar-refractivity contribution in [3.8, 4) is 0 Å². The molecular formula is C10H6F5NO2. The van der Waals surface area contributed by atoms with Crippen molar-refractivity contribution in [3.63, 3.8) is 0 Å². The lowest BCUT2D eigenvalue weighted by atomic mass is 10.1. The van der Waals surface area contributed by atoms with E-state index < -0.39 is 40.6 Å². The summed E-state index contributed by atoms with van der Waals surface area (Å²) in [5.41, 5.74) is 0.245. The Bertz CT molecular complexity index is 500. The molecule has 1 aromatic rings. The Balaban J connectivity index is 3.24. The van der Waals surface area contributed by atoms with E-state index in [4.69, 9.17) is 0 Å². The normalized spacial score (nSPS) is 10.1. The fraction of sp³-hybridized carbons (Fsp3) is 0.100. The summed E-state index contributed by atoms with van der Waals surface area (Å²) in [5, 5.41) is 0. The van der Waals surface area contributed by atoms with Crippen molar-refractivity contribution < 1.29 is 31.6 Å². The first kappa shape index (κ1) is 13.9. The van der Waals surface area contributed by atoms with Crippen LogP contribution in [0.25, 0.3) is 0 Å². The highest BCUT2D eigenvalue weighted by Gasteiger charge is 2.30. The number of carbonyl (C=O) groups is 1. The minimum Gasteiger partial charge on any atom is -0.338 e. The highest BCUT2D eigenvalue weighted by Crippen LogP contribution is 2.23. The SMILES string of the molecule is C=C(C)NOC(=O)c1c(F)c(F)c(F)c(F)c1F. The van der Waals surface area contributed by atoms with E-state index in [-0.39, 0.29) is 5.70 Å². The van der Waals surface area contributed by atoms with Crippen molar-refractivity contribution in [1.82, 2.24) is 5.48 Å². The maximum Gasteiger partial charge on any atom is 0.368 e. The summed E-state index contributed by atoms with van der Waals surface area (Å²) in [4.78, 5) is 15.2. The summed E-state index contributed by atoms with van der Waals surface area (Å²) in [6, 6.07) is 0. The Labute approximate surface area is 97.8 Å². The summed E-state index contributed by atoms with van der Waals surface area (Å²) in [5.74, 6) is -13.1. The molecule has 0 fully saturated rings. The van der Waals surface area contributed by atoms with Gasteiger partial charge in [0.05, 0.1) is 0 Å². The van der Waals surface area contributed by atoms with Gasteiger partial charge in [0.15, 0.2) is 23.3 Å². The molecule has 98 valence electrons. The minimum absolute atomic E-state index is 0.0900. The number of nitrogens with one attached hydrogen (secondary N) is 1. The Morgan fingerprint density at radius 3 is 1.78 bits per heavy atom. The molecule has 0 aliphatic carbocycles. The van der Waals surface area contributed by atoms with Crippen LogP contribution in [0.1, 0.15) is 17.3 Å². The minimum atomic E-state index is -2.35. The predicted octanol–water partition coefficient (Wildman–Crippen LogP) is 2.58. The molecule has 0 heterocycles. The first-order chi connectivity index (χ1) is 8.27. The molecular weight excluding hydrogens is 261 g/mol. The van der Waals surface area contributed by atoms with Crippen molar-refractivity contribution in [3.05, 3.63) is 46.9 Å². The third kappa shape index (κ3) is 2.41. The van der Waals surface area contributed by atoms with Gasteiger partial charge in [-0.25, -0.2) is 32.2 Å². The molecule has 0 aromatic heterocycles. The van der Waals surface area contributed by atoms with Crippen LogP contribution in [-0.4, -0.2) is 5.97 Å². The van der Waals surface area contributed by atoms with Gasteiger partial charge in [0.25, 0.3) is 0 Å². The molecule has 0 bridgehead atoms. The first-order valence-corrected chi connectivity index (χ1v) is 4.41. The standard InChI is InChI=1S/C10H6F5NO2/c1-3(2)16-18-10(17)4-5(11)7(13)9(15)8(14)6(4)12/h16H,1H2,2H3. The van der Waals surface area contributed by atoms with Crippen LogP contribution >= 0.6 is 0 Å². The zero-order chi connectivity index (χ0) is 14.0. The van der Waals surface area contributed by atoms with E-state index in [1.165, 1.54) is 6.92 Å². The van der Waals surface area contributed by atoms with E-state index in [2.05, 4.69) is 11.4 Å². The van der Waals surface area contributed by atoms with Gasteiger partial charge in [0.2, 0.25) is 5.82 Å². The van der Waals surface area contributed by atoms with Crippen LogP contribution in [0.4, 0.5) is 22.0 Å². The number of carbonyl (C=O) groups excluding carboxylic acids is 1. The predicted molar refractivity (Wildman–Crippen MR) is 49.6 cm³/mol. The van der Waals surface area contributed by atoms with Crippen molar-refractivity contribution in [2.45, 2.75) is 6.92 Å². The molecule has 0 unspecified atom stereocenters. The van der Waals surface area contributed by atoms with Crippen LogP contribution in [-0.2, 0) is 4.84 Å². The lowest BCUT2D eigenvalue weighted by molar-refractivity contribution is 0.0310. The lowest BCUT2D eigenvalue weighted by Gasteiger charge is -2.08. The van der Waals surface area contributed by atoms with Gasteiger partial charge in [0, 0.05) is 5.70 Å². The number of hydrogen-bond donors (Lipinski definition) is 1. The Kier molecular flexibility index (Phi) is 3.89. The zero-order valence-electron chi connectivity index (χ0n) is 8.91. The molecule has 0 saturated carbocycles. The number of hydroxylamine groups is 1. The summed E-state index contributed by atoms with van der Waals surface area (Å²) < 4.78 is 64.4. The first-order valence-electron chi connectivity index (χ1n) is 4.41. The summed E-state index contributed by atoms with van der Waals surface area (Å²) in [6.07, 6.45) is 0. The van der Waals surface area contributed by atoms with Crippen LogP contribution < -0.4 is 5.48 Å². The highest BCUT2D eigenvalue weighted by atomic mass is 19.2. The van der Waals surface area contributed by atoms with E-state index in [1.54, 1.807) is 0 Å². The van der Waals surface area contributed by atoms with Crippen molar-refractivity contribution >= 4 is 5.97 Å². The van der Waals surface area contributed by atoms with Gasteiger partial charge in [-0.1, -0.05) is 6.58 Å². The van der Waals surface area contributed by atoms with E-state index in [0.717, 1.165) is 0 Å². The number of hydrogen-bond acceptors (Lipinski definition) is 3. The number of allylic oxidation sites excluding steroid dienone is 1. The monoisotopic (exact) mass is 267 g/mol. The molecule has 3 nitrogen and oxygen atoms in total. The van der Waals surface area contributed by atoms with Gasteiger partial charge < -0.3 is 4.84 Å². The van der Waals surface area contributed by atoms with E-state index in [9.17, 15) is 26.7 Å². The van der Waals surface area contributed by atoms with Gasteiger partial charge in [-0.2, -0.15) is 0 Å². The third-order valence-electron chi connectivity index (χ3n) is 1.73. The summed E-state index contributed by atoms with van der Waals surface area (Å²) in [7, 11) is 0. The van der Waals surface area contributed by atoms with E-state index >= 15 is 0 Å². The molecule has 0 saturated heterocycles. The fourth-order valence-corrected chi connectivity index (χ4v) is 0.969. The van der Waals surface area contributed by atoms with Gasteiger partial charge in [-0.3, -0.25) is 0 Å². The Morgan fingerprint density at radius 1 is 1.00 bits per heavy atom. The molecule has 1 aromatic carbocycles. The van der Waals surface area contributed by atoms with Crippen molar-refractivity contribution in [2.24, 2.45) is 0 Å². The topological polar surface area (TPSA) is 38.3 Å². The van der Waals surface area contributed by atoms with Crippen molar-refractivity contribution in [2.75, 3.05) is 0 Å². The third-order valence-corrected chi connectivity index (χ3v) is 1.73. The quantitative estimate of drug-likeness (QED) is 0.396. The van der Waals surface area contributed by atoms with Crippen LogP contribution in [0, 0.1) is 29.1 Å². The molecule has 0 radical (unpaired) electrons. The molecule has 0 amide bonds. The largest absolute Gasteiger partial charge is 0.368 e. The molecule has 8 heteroatoms. The second kappa shape index (κ2) is 5.03. The number of halogens is 5. The average molecular weight is 267 g/mol. The number of benzene rings is 1. The zero-order valence-corrected chi connectivity index (χ0v) is 8.91. The summed E-state index contributed by atoms with van der Waals surface area (Å²) >= 11 is 0. The maximum atomic E-state index is 13.1. The molecule has 0 spiro atoms. The van der Waals surface area contributed by atoms with Gasteiger partial charge >= 0.3 is 5.97 Å². The molecule has 0 aliphatic heterocycles. The maximum absolute atomic E-state index is 13.1. The van der Waals surface area contributed by atoms with E-state index in [1.807, 2.05) is 5.48 Å². The van der Waals surface area contributed by atoms with Crippen molar-refractivity contribution in [1.29, 1.82) is 0 Å². The van der Waals surface area contributed by atoms with Crippen LogP contribution in [0.15, 0.2) is 12.3 Å². The summed E-state index contributed by atoms with van der Waals surface area (Å²) in [6.45, 7) is 4.57. The van der Waals surface area contributed by atoms with Gasteiger partial charge in [0.1, 0.15) is 5.56 Å². The van der Waals surface area contributed by atoms with Crippen LogP contribution in [0.5, 0.6) is 0 Å². The van der Waals surface area contributed by atoms with Gasteiger partial charge in [-0.15, -0.1) is 0 Å². The molecule has 18 heavy (non-hydrogen) atoms. The smallest absolute Gasteiger partial charge is 0.338 e. The average Bonchev–Trinajstić information content (AvgIpc) is 2.31. The molecule has 0 atom stereocenters.